The van der Waals surface area contributed by atoms with Crippen molar-refractivity contribution in [3.8, 4) is 0 Å². The molecule has 0 bridgehead atoms. The van der Waals surface area contributed by atoms with Crippen LogP contribution in [-0.4, -0.2) is 86.1 Å². The van der Waals surface area contributed by atoms with Crippen LogP contribution in [0.1, 0.15) is 24.1 Å². The number of benzene rings is 1. The van der Waals surface area contributed by atoms with Gasteiger partial charge in [-0.25, -0.2) is 9.78 Å². The van der Waals surface area contributed by atoms with Gasteiger partial charge < -0.3 is 36.5 Å². The molecule has 3 rings (SSSR count). The Hall–Kier alpha value is -3.77. The number of hydrogen-bond acceptors (Lipinski definition) is 7. The molecule has 2 aromatic rings. The van der Waals surface area contributed by atoms with Gasteiger partial charge in [-0.1, -0.05) is 30.3 Å². The molecule has 35 heavy (non-hydrogen) atoms. The third-order valence-electron chi connectivity index (χ3n) is 5.87. The molecule has 2 heterocycles. The Morgan fingerprint density at radius 1 is 1.11 bits per heavy atom. The number of carboxylic acids is 1. The minimum atomic E-state index is -1.36. The molecular formula is C23H30N6O6. The van der Waals surface area contributed by atoms with Gasteiger partial charge in [0.1, 0.15) is 18.1 Å². The Morgan fingerprint density at radius 2 is 1.83 bits per heavy atom. The Kier molecular flexibility index (Phi) is 8.92. The second kappa shape index (κ2) is 12.1. The lowest BCUT2D eigenvalue weighted by molar-refractivity contribution is -0.150. The summed E-state index contributed by atoms with van der Waals surface area (Å²) in [5.74, 6) is -3.13. The van der Waals surface area contributed by atoms with E-state index in [0.717, 1.165) is 10.5 Å². The van der Waals surface area contributed by atoms with Crippen molar-refractivity contribution >= 4 is 23.7 Å². The molecule has 4 atom stereocenters. The van der Waals surface area contributed by atoms with Gasteiger partial charge >= 0.3 is 5.97 Å². The molecule has 12 nitrogen and oxygen atoms in total. The van der Waals surface area contributed by atoms with Gasteiger partial charge in [0, 0.05) is 24.9 Å². The maximum Gasteiger partial charge on any atom is 0.326 e. The summed E-state index contributed by atoms with van der Waals surface area (Å²) in [5, 5.41) is 24.2. The number of amides is 3. The molecule has 0 saturated carbocycles. The van der Waals surface area contributed by atoms with Crippen molar-refractivity contribution in [2.75, 3.05) is 13.2 Å². The van der Waals surface area contributed by atoms with Gasteiger partial charge in [0.05, 0.1) is 19.0 Å². The summed E-state index contributed by atoms with van der Waals surface area (Å²) in [6, 6.07) is 4.76. The topological polar surface area (TPSA) is 191 Å². The second-order valence-electron chi connectivity index (χ2n) is 8.41. The Bertz CT molecular complexity index is 1010. The third-order valence-corrected chi connectivity index (χ3v) is 5.87. The molecule has 4 unspecified atom stereocenters. The fraction of sp³-hybridized carbons (Fsp3) is 0.435. The van der Waals surface area contributed by atoms with Gasteiger partial charge in [-0.3, -0.25) is 14.4 Å². The lowest BCUT2D eigenvalue weighted by Gasteiger charge is -2.28. The number of hydrogen-bond donors (Lipinski definition) is 6. The summed E-state index contributed by atoms with van der Waals surface area (Å²) >= 11 is 0. The first kappa shape index (κ1) is 25.8. The van der Waals surface area contributed by atoms with Crippen LogP contribution in [0.15, 0.2) is 42.9 Å². The summed E-state index contributed by atoms with van der Waals surface area (Å²) in [4.78, 5) is 58.1. The number of nitrogens with two attached hydrogens (primary N) is 1. The molecule has 1 fully saturated rings. The zero-order valence-corrected chi connectivity index (χ0v) is 19.1. The van der Waals surface area contributed by atoms with Crippen LogP contribution < -0.4 is 16.4 Å². The number of aromatic amines is 1. The van der Waals surface area contributed by atoms with Crippen LogP contribution in [0.5, 0.6) is 0 Å². The highest BCUT2D eigenvalue weighted by Gasteiger charge is 2.38. The van der Waals surface area contributed by atoms with E-state index in [0.29, 0.717) is 18.5 Å². The van der Waals surface area contributed by atoms with E-state index in [4.69, 9.17) is 5.73 Å². The summed E-state index contributed by atoms with van der Waals surface area (Å²) in [5.41, 5.74) is 7.46. The summed E-state index contributed by atoms with van der Waals surface area (Å²) < 4.78 is 0. The number of carboxylic acid groups (broad SMARTS) is 1. The Balaban J connectivity index is 1.69. The first-order valence-corrected chi connectivity index (χ1v) is 11.3. The molecular weight excluding hydrogens is 456 g/mol. The third kappa shape index (κ3) is 6.87. The van der Waals surface area contributed by atoms with Crippen molar-refractivity contribution in [2.24, 2.45) is 5.73 Å². The lowest BCUT2D eigenvalue weighted by Crippen LogP contribution is -2.58. The van der Waals surface area contributed by atoms with E-state index < -0.39 is 54.5 Å². The van der Waals surface area contributed by atoms with Crippen LogP contribution in [0.3, 0.4) is 0 Å². The van der Waals surface area contributed by atoms with Gasteiger partial charge in [-0.15, -0.1) is 0 Å². The smallest absolute Gasteiger partial charge is 0.326 e. The highest BCUT2D eigenvalue weighted by molar-refractivity contribution is 5.94. The first-order valence-electron chi connectivity index (χ1n) is 11.3. The molecule has 1 aromatic carbocycles. The Morgan fingerprint density at radius 3 is 2.46 bits per heavy atom. The minimum absolute atomic E-state index is 0.0312. The van der Waals surface area contributed by atoms with Crippen LogP contribution >= 0.6 is 0 Å². The molecule has 3 amide bonds. The highest BCUT2D eigenvalue weighted by atomic mass is 16.4. The SMILES string of the molecule is NC(Cc1ccccc1)C(=O)NC(Cc1cnc[nH]1)C(=O)NC(CO)C(=O)N1CCCC1C(=O)O. The van der Waals surface area contributed by atoms with Crippen molar-refractivity contribution in [1.29, 1.82) is 0 Å². The van der Waals surface area contributed by atoms with E-state index in [1.165, 1.54) is 12.5 Å². The van der Waals surface area contributed by atoms with Gasteiger partial charge in [0.15, 0.2) is 0 Å². The second-order valence-corrected chi connectivity index (χ2v) is 8.41. The summed E-state index contributed by atoms with van der Waals surface area (Å²) in [7, 11) is 0. The molecule has 0 aliphatic carbocycles. The minimum Gasteiger partial charge on any atom is -0.480 e. The van der Waals surface area contributed by atoms with Crippen LogP contribution in [0.2, 0.25) is 0 Å². The number of H-pyrrole nitrogens is 1. The van der Waals surface area contributed by atoms with Crippen LogP contribution in [0.4, 0.5) is 0 Å². The predicted molar refractivity (Wildman–Crippen MR) is 124 cm³/mol. The molecule has 1 aliphatic heterocycles. The molecule has 1 aliphatic rings. The zero-order valence-electron chi connectivity index (χ0n) is 19.1. The maximum absolute atomic E-state index is 13.1. The fourth-order valence-electron chi connectivity index (χ4n) is 4.01. The standard InChI is InChI=1S/C23H30N6O6/c24-16(9-14-5-2-1-3-6-14)20(31)27-17(10-15-11-25-13-26-15)21(32)28-18(12-30)22(33)29-8-4-7-19(29)23(34)35/h1-3,5-6,11,13,16-19,30H,4,7-10,12,24H2,(H,25,26)(H,27,31)(H,28,32)(H,34,35). The summed E-state index contributed by atoms with van der Waals surface area (Å²) in [6.45, 7) is -0.517. The maximum atomic E-state index is 13.1. The van der Waals surface area contributed by atoms with E-state index in [1.807, 2.05) is 30.3 Å². The molecule has 1 saturated heterocycles. The predicted octanol–water partition coefficient (Wildman–Crippen LogP) is -1.44. The fourth-order valence-corrected chi connectivity index (χ4v) is 4.01. The van der Waals surface area contributed by atoms with Crippen LogP contribution in [0, 0.1) is 0 Å². The number of aliphatic hydroxyl groups is 1. The van der Waals surface area contributed by atoms with Gasteiger partial charge in [0.2, 0.25) is 17.7 Å². The number of rotatable bonds is 11. The number of likely N-dealkylation sites (tertiary alicyclic amines) is 1. The largest absolute Gasteiger partial charge is 0.480 e. The molecule has 12 heteroatoms. The lowest BCUT2D eigenvalue weighted by atomic mass is 10.0. The van der Waals surface area contributed by atoms with E-state index in [1.54, 1.807) is 0 Å². The van der Waals surface area contributed by atoms with Crippen molar-refractivity contribution < 1.29 is 29.4 Å². The number of nitrogens with one attached hydrogen (secondary N) is 3. The zero-order chi connectivity index (χ0) is 25.4. The average Bonchev–Trinajstić information content (AvgIpc) is 3.54. The number of aromatic nitrogens is 2. The first-order chi connectivity index (χ1) is 16.8. The molecule has 7 N–H and O–H groups in total. The number of aliphatic carboxylic acids is 1. The van der Waals surface area contributed by atoms with Gasteiger partial charge in [0.25, 0.3) is 0 Å². The van der Waals surface area contributed by atoms with E-state index in [9.17, 15) is 29.4 Å². The Labute approximate surface area is 201 Å². The quantitative estimate of drug-likeness (QED) is 0.222. The molecule has 188 valence electrons. The summed E-state index contributed by atoms with van der Waals surface area (Å²) in [6.07, 6.45) is 4.01. The van der Waals surface area contributed by atoms with Gasteiger partial charge in [-0.05, 0) is 24.8 Å². The van der Waals surface area contributed by atoms with Crippen molar-refractivity contribution in [2.45, 2.75) is 49.9 Å². The highest BCUT2D eigenvalue weighted by Crippen LogP contribution is 2.18. The van der Waals surface area contributed by atoms with E-state index in [-0.39, 0.29) is 19.4 Å². The number of nitrogens with zero attached hydrogens (tertiary/aromatic N) is 2. The average molecular weight is 487 g/mol. The monoisotopic (exact) mass is 486 g/mol. The molecule has 0 radical (unpaired) electrons. The van der Waals surface area contributed by atoms with E-state index >= 15 is 0 Å². The van der Waals surface area contributed by atoms with E-state index in [2.05, 4.69) is 20.6 Å². The number of imidazole rings is 1. The van der Waals surface area contributed by atoms with Crippen LogP contribution in [-0.2, 0) is 32.0 Å². The van der Waals surface area contributed by atoms with Crippen molar-refractivity contribution in [3.63, 3.8) is 0 Å². The number of carbonyl (C=O) groups is 4. The van der Waals surface area contributed by atoms with Crippen molar-refractivity contribution in [1.82, 2.24) is 25.5 Å². The number of aliphatic hydroxyl groups excluding tert-OH is 1. The van der Waals surface area contributed by atoms with Gasteiger partial charge in [-0.2, -0.15) is 0 Å². The number of carbonyl (C=O) groups excluding carboxylic acids is 3. The molecule has 0 spiro atoms. The normalized spacial score (nSPS) is 17.9. The molecule has 1 aromatic heterocycles. The van der Waals surface area contributed by atoms with Crippen LogP contribution in [0.25, 0.3) is 0 Å². The van der Waals surface area contributed by atoms with Crippen molar-refractivity contribution in [3.05, 3.63) is 54.1 Å².